The monoisotopic (exact) mass is 416 g/mol. The molecule has 0 bridgehead atoms. The van der Waals surface area contributed by atoms with Crippen LogP contribution in [0.2, 0.25) is 0 Å². The van der Waals surface area contributed by atoms with Crippen LogP contribution in [0.15, 0.2) is 58.2 Å². The van der Waals surface area contributed by atoms with Crippen molar-refractivity contribution < 1.29 is 13.3 Å². The quantitative estimate of drug-likeness (QED) is 0.537. The third-order valence-electron chi connectivity index (χ3n) is 4.91. The number of imidazole rings is 1. The van der Waals surface area contributed by atoms with Crippen LogP contribution in [-0.4, -0.2) is 26.3 Å². The van der Waals surface area contributed by atoms with Gasteiger partial charge in [0.2, 0.25) is 0 Å². The van der Waals surface area contributed by atoms with E-state index in [1.165, 1.54) is 12.1 Å². The van der Waals surface area contributed by atoms with E-state index in [1.807, 2.05) is 18.2 Å². The highest BCUT2D eigenvalue weighted by molar-refractivity contribution is 5.80. The lowest BCUT2D eigenvalue weighted by atomic mass is 10.1. The SMILES string of the molecule is N#Cc1ccc(-c2cc(CN3Cc4nc(-c5cccc(F)c5F)[nH]c4C=N3)on2)cc1. The number of nitrogens with zero attached hydrogens (tertiary/aromatic N) is 5. The summed E-state index contributed by atoms with van der Waals surface area (Å²) < 4.78 is 33.0. The van der Waals surface area contributed by atoms with Crippen molar-refractivity contribution in [2.75, 3.05) is 0 Å². The van der Waals surface area contributed by atoms with E-state index >= 15 is 0 Å². The van der Waals surface area contributed by atoms with E-state index in [9.17, 15) is 8.78 Å². The van der Waals surface area contributed by atoms with Gasteiger partial charge in [0.15, 0.2) is 17.4 Å². The third kappa shape index (κ3) is 3.55. The summed E-state index contributed by atoms with van der Waals surface area (Å²) >= 11 is 0. The average molecular weight is 416 g/mol. The van der Waals surface area contributed by atoms with Gasteiger partial charge in [-0.3, -0.25) is 5.01 Å². The smallest absolute Gasteiger partial charge is 0.169 e. The van der Waals surface area contributed by atoms with Gasteiger partial charge < -0.3 is 9.51 Å². The van der Waals surface area contributed by atoms with Gasteiger partial charge in [-0.25, -0.2) is 13.8 Å². The van der Waals surface area contributed by atoms with Crippen LogP contribution in [-0.2, 0) is 13.1 Å². The molecule has 152 valence electrons. The molecule has 0 atom stereocenters. The molecule has 0 fully saturated rings. The van der Waals surface area contributed by atoms with Crippen LogP contribution in [0.5, 0.6) is 0 Å². The number of nitriles is 1. The van der Waals surface area contributed by atoms with Crippen LogP contribution in [0.1, 0.15) is 22.7 Å². The van der Waals surface area contributed by atoms with Crippen LogP contribution < -0.4 is 0 Å². The summed E-state index contributed by atoms with van der Waals surface area (Å²) in [7, 11) is 0. The fraction of sp³-hybridized carbons (Fsp3) is 0.0909. The molecule has 1 aliphatic rings. The summed E-state index contributed by atoms with van der Waals surface area (Å²) in [5.41, 5.74) is 3.45. The minimum Gasteiger partial charge on any atom is -0.359 e. The van der Waals surface area contributed by atoms with Crippen LogP contribution in [0, 0.1) is 23.0 Å². The van der Waals surface area contributed by atoms with Gasteiger partial charge in [-0.2, -0.15) is 10.4 Å². The van der Waals surface area contributed by atoms with Crippen LogP contribution >= 0.6 is 0 Å². The molecule has 9 heteroatoms. The topological polar surface area (TPSA) is 94.1 Å². The molecule has 0 saturated carbocycles. The van der Waals surface area contributed by atoms with Gasteiger partial charge in [0.25, 0.3) is 0 Å². The highest BCUT2D eigenvalue weighted by Crippen LogP contribution is 2.26. The lowest BCUT2D eigenvalue weighted by Crippen LogP contribution is -2.21. The van der Waals surface area contributed by atoms with Crippen molar-refractivity contribution in [2.24, 2.45) is 5.10 Å². The second kappa shape index (κ2) is 7.50. The molecule has 0 aliphatic carbocycles. The second-order valence-electron chi connectivity index (χ2n) is 6.98. The Morgan fingerprint density at radius 1 is 1.16 bits per heavy atom. The third-order valence-corrected chi connectivity index (χ3v) is 4.91. The summed E-state index contributed by atoms with van der Waals surface area (Å²) in [4.78, 5) is 7.40. The number of aromatic nitrogens is 3. The summed E-state index contributed by atoms with van der Waals surface area (Å²) in [6.07, 6.45) is 1.59. The molecule has 5 rings (SSSR count). The van der Waals surface area contributed by atoms with Crippen molar-refractivity contribution >= 4 is 6.21 Å². The number of hydrazone groups is 1. The summed E-state index contributed by atoms with van der Waals surface area (Å²) in [6, 6.07) is 14.9. The highest BCUT2D eigenvalue weighted by Gasteiger charge is 2.21. The predicted molar refractivity (Wildman–Crippen MR) is 107 cm³/mol. The highest BCUT2D eigenvalue weighted by atomic mass is 19.2. The van der Waals surface area contributed by atoms with E-state index in [0.29, 0.717) is 41.5 Å². The Hall–Kier alpha value is -4.32. The Morgan fingerprint density at radius 3 is 2.81 bits per heavy atom. The van der Waals surface area contributed by atoms with E-state index in [4.69, 9.17) is 9.78 Å². The number of halogens is 2. The zero-order chi connectivity index (χ0) is 21.4. The molecule has 3 heterocycles. The van der Waals surface area contributed by atoms with Crippen molar-refractivity contribution in [1.82, 2.24) is 20.1 Å². The lowest BCUT2D eigenvalue weighted by molar-refractivity contribution is 0.229. The van der Waals surface area contributed by atoms with Crippen LogP contribution in [0.3, 0.4) is 0 Å². The van der Waals surface area contributed by atoms with Crippen LogP contribution in [0.25, 0.3) is 22.6 Å². The maximum Gasteiger partial charge on any atom is 0.169 e. The van der Waals surface area contributed by atoms with Gasteiger partial charge >= 0.3 is 0 Å². The number of hydrogen-bond acceptors (Lipinski definition) is 6. The molecule has 0 radical (unpaired) electrons. The first-order valence-electron chi connectivity index (χ1n) is 9.39. The Bertz CT molecular complexity index is 1330. The predicted octanol–water partition coefficient (Wildman–Crippen LogP) is 4.23. The first kappa shape index (κ1) is 18.7. The van der Waals surface area contributed by atoms with E-state index in [-0.39, 0.29) is 11.4 Å². The first-order valence-corrected chi connectivity index (χ1v) is 9.39. The molecule has 1 aliphatic heterocycles. The molecule has 4 aromatic rings. The Kier molecular flexibility index (Phi) is 4.52. The Balaban J connectivity index is 1.32. The fourth-order valence-corrected chi connectivity index (χ4v) is 3.33. The lowest BCUT2D eigenvalue weighted by Gasteiger charge is -2.19. The molecule has 2 aromatic carbocycles. The number of H-pyrrole nitrogens is 1. The van der Waals surface area contributed by atoms with Crippen molar-refractivity contribution in [2.45, 2.75) is 13.1 Å². The van der Waals surface area contributed by atoms with Gasteiger partial charge in [0.05, 0.1) is 47.9 Å². The standard InChI is InChI=1S/C22H14F2N6O/c23-17-3-1-2-16(21(17)24)22-27-19-10-26-30(12-20(19)28-22)11-15-8-18(29-31-15)14-6-4-13(9-25)5-7-14/h1-8,10H,11-12H2,(H,27,28). The summed E-state index contributed by atoms with van der Waals surface area (Å²) in [5.74, 6) is -1.02. The Morgan fingerprint density at radius 2 is 2.00 bits per heavy atom. The number of nitrogens with one attached hydrogen (secondary N) is 1. The van der Waals surface area contributed by atoms with E-state index in [2.05, 4.69) is 26.3 Å². The molecule has 31 heavy (non-hydrogen) atoms. The van der Waals surface area contributed by atoms with Crippen molar-refractivity contribution in [3.63, 3.8) is 0 Å². The normalized spacial score (nSPS) is 12.6. The molecule has 1 N–H and O–H groups in total. The molecule has 0 amide bonds. The molecule has 0 unspecified atom stereocenters. The molecular formula is C22H14F2N6O. The zero-order valence-electron chi connectivity index (χ0n) is 16.0. The molecule has 0 saturated heterocycles. The molecule has 7 nitrogen and oxygen atoms in total. The minimum absolute atomic E-state index is 0.0663. The molecule has 0 spiro atoms. The van der Waals surface area contributed by atoms with E-state index < -0.39 is 11.6 Å². The number of hydrogen-bond donors (Lipinski definition) is 1. The maximum atomic E-state index is 14.1. The molecular weight excluding hydrogens is 402 g/mol. The average Bonchev–Trinajstić information content (AvgIpc) is 3.42. The van der Waals surface area contributed by atoms with Gasteiger partial charge in [-0.05, 0) is 24.3 Å². The Labute approximate surface area is 175 Å². The zero-order valence-corrected chi connectivity index (χ0v) is 16.0. The molecule has 2 aromatic heterocycles. The van der Waals surface area contributed by atoms with Crippen molar-refractivity contribution in [3.05, 3.63) is 82.9 Å². The van der Waals surface area contributed by atoms with Crippen LogP contribution in [0.4, 0.5) is 8.78 Å². The van der Waals surface area contributed by atoms with Gasteiger partial charge in [-0.1, -0.05) is 23.4 Å². The number of benzene rings is 2. The van der Waals surface area contributed by atoms with Crippen molar-refractivity contribution in [1.29, 1.82) is 5.26 Å². The minimum atomic E-state index is -0.945. The summed E-state index contributed by atoms with van der Waals surface area (Å²) in [5, 5.41) is 19.1. The van der Waals surface area contributed by atoms with E-state index in [0.717, 1.165) is 11.6 Å². The van der Waals surface area contributed by atoms with E-state index in [1.54, 1.807) is 23.4 Å². The second-order valence-corrected chi connectivity index (χ2v) is 6.98. The van der Waals surface area contributed by atoms with Gasteiger partial charge in [-0.15, -0.1) is 0 Å². The maximum absolute atomic E-state index is 14.1. The summed E-state index contributed by atoms with van der Waals surface area (Å²) in [6.45, 7) is 0.724. The fourth-order valence-electron chi connectivity index (χ4n) is 3.33. The van der Waals surface area contributed by atoms with Gasteiger partial charge in [0.1, 0.15) is 11.5 Å². The largest absolute Gasteiger partial charge is 0.359 e. The number of fused-ring (bicyclic) bond motifs is 1. The first-order chi connectivity index (χ1) is 15.1. The number of rotatable bonds is 4. The van der Waals surface area contributed by atoms with Gasteiger partial charge in [0, 0.05) is 11.6 Å². The van der Waals surface area contributed by atoms with Crippen molar-refractivity contribution in [3.8, 4) is 28.7 Å². The number of aromatic amines is 1.